The fraction of sp³-hybridized carbons (Fsp3) is 0.333. The van der Waals surface area contributed by atoms with Crippen molar-refractivity contribution in [1.82, 2.24) is 14.7 Å². The number of nitrogens with zero attached hydrogens (tertiary/aromatic N) is 4. The fourth-order valence-electron chi connectivity index (χ4n) is 3.54. The van der Waals surface area contributed by atoms with Crippen LogP contribution in [0.15, 0.2) is 59.5 Å². The van der Waals surface area contributed by atoms with Crippen molar-refractivity contribution >= 4 is 11.6 Å². The number of benzene rings is 1. The Hall–Kier alpha value is -3.02. The molecular formula is C21H24N4O2. The van der Waals surface area contributed by atoms with E-state index in [1.165, 1.54) is 0 Å². The lowest BCUT2D eigenvalue weighted by Crippen LogP contribution is -2.47. The molecule has 6 heteroatoms. The highest BCUT2D eigenvalue weighted by Gasteiger charge is 2.38. The predicted octanol–water partition coefficient (Wildman–Crippen LogP) is 4.02. The van der Waals surface area contributed by atoms with Gasteiger partial charge in [-0.1, -0.05) is 12.1 Å². The van der Waals surface area contributed by atoms with Gasteiger partial charge in [-0.15, -0.1) is 0 Å². The minimum absolute atomic E-state index is 0.00592. The molecule has 3 aromatic rings. The number of aromatic nitrogens is 2. The van der Waals surface area contributed by atoms with Crippen molar-refractivity contribution < 1.29 is 9.21 Å². The van der Waals surface area contributed by atoms with E-state index in [1.807, 2.05) is 65.4 Å². The number of para-hydroxylation sites is 1. The average Bonchev–Trinajstić information content (AvgIpc) is 3.31. The fourth-order valence-corrected chi connectivity index (χ4v) is 3.54. The lowest BCUT2D eigenvalue weighted by atomic mass is 10.0. The quantitative estimate of drug-likeness (QED) is 0.704. The van der Waals surface area contributed by atoms with Gasteiger partial charge in [0.15, 0.2) is 0 Å². The van der Waals surface area contributed by atoms with Crippen LogP contribution < -0.4 is 4.90 Å². The number of carbonyl (C=O) groups is 1. The molecule has 0 aliphatic carbocycles. The maximum absolute atomic E-state index is 13.3. The van der Waals surface area contributed by atoms with Crippen LogP contribution >= 0.6 is 0 Å². The van der Waals surface area contributed by atoms with Gasteiger partial charge in [-0.2, -0.15) is 5.10 Å². The lowest BCUT2D eigenvalue weighted by molar-refractivity contribution is 0.0619. The molecule has 1 aromatic carbocycles. The molecule has 4 rings (SSSR count). The standard InChI is InChI=1S/C21H24N4O2/c1-21(2,3)25-13-15(12-22-25)19-23(4)18-10-6-5-9-17(18)20(26)24(19)14-16-8-7-11-27-16/h5-13,19H,14H2,1-4H3/t19-/m0/s1. The van der Waals surface area contributed by atoms with E-state index < -0.39 is 0 Å². The van der Waals surface area contributed by atoms with Crippen LogP contribution in [0.2, 0.25) is 0 Å². The van der Waals surface area contributed by atoms with Crippen LogP contribution in [-0.4, -0.2) is 27.6 Å². The Morgan fingerprint density at radius 1 is 1.15 bits per heavy atom. The molecule has 0 N–H and O–H groups in total. The summed E-state index contributed by atoms with van der Waals surface area (Å²) in [4.78, 5) is 17.3. The van der Waals surface area contributed by atoms with Crippen molar-refractivity contribution in [3.8, 4) is 0 Å². The highest BCUT2D eigenvalue weighted by molar-refractivity contribution is 6.02. The van der Waals surface area contributed by atoms with Gasteiger partial charge in [-0.05, 0) is 45.0 Å². The molecule has 0 bridgehead atoms. The van der Waals surface area contributed by atoms with Crippen molar-refractivity contribution in [2.45, 2.75) is 39.0 Å². The van der Waals surface area contributed by atoms with Gasteiger partial charge in [0, 0.05) is 18.8 Å². The topological polar surface area (TPSA) is 54.5 Å². The number of hydrogen-bond donors (Lipinski definition) is 0. The first kappa shape index (κ1) is 17.4. The van der Waals surface area contributed by atoms with Crippen LogP contribution in [-0.2, 0) is 12.1 Å². The van der Waals surface area contributed by atoms with Crippen LogP contribution in [0.3, 0.4) is 0 Å². The Bertz CT molecular complexity index is 953. The zero-order valence-electron chi connectivity index (χ0n) is 16.1. The van der Waals surface area contributed by atoms with Crippen LogP contribution in [0.5, 0.6) is 0 Å². The Balaban J connectivity index is 1.80. The summed E-state index contributed by atoms with van der Waals surface area (Å²) >= 11 is 0. The summed E-state index contributed by atoms with van der Waals surface area (Å²) in [7, 11) is 2.01. The molecule has 1 atom stereocenters. The highest BCUT2D eigenvalue weighted by atomic mass is 16.3. The Labute approximate surface area is 159 Å². The first-order valence-electron chi connectivity index (χ1n) is 9.06. The summed E-state index contributed by atoms with van der Waals surface area (Å²) in [6.45, 7) is 6.72. The molecule has 0 saturated carbocycles. The van der Waals surface area contributed by atoms with E-state index in [0.29, 0.717) is 12.1 Å². The van der Waals surface area contributed by atoms with E-state index in [0.717, 1.165) is 17.0 Å². The summed E-state index contributed by atoms with van der Waals surface area (Å²) in [6, 6.07) is 11.4. The highest BCUT2D eigenvalue weighted by Crippen LogP contribution is 2.38. The third kappa shape index (κ3) is 3.01. The van der Waals surface area contributed by atoms with Crippen molar-refractivity contribution in [1.29, 1.82) is 0 Å². The van der Waals surface area contributed by atoms with E-state index in [2.05, 4.69) is 30.8 Å². The van der Waals surface area contributed by atoms with E-state index >= 15 is 0 Å². The van der Waals surface area contributed by atoms with E-state index in [1.54, 1.807) is 6.26 Å². The Kier molecular flexibility index (Phi) is 4.06. The first-order valence-corrected chi connectivity index (χ1v) is 9.06. The second-order valence-electron chi connectivity index (χ2n) is 7.90. The zero-order valence-corrected chi connectivity index (χ0v) is 16.1. The molecule has 0 spiro atoms. The van der Waals surface area contributed by atoms with Gasteiger partial charge in [0.05, 0.1) is 35.8 Å². The minimum Gasteiger partial charge on any atom is -0.467 e. The first-order chi connectivity index (χ1) is 12.9. The summed E-state index contributed by atoms with van der Waals surface area (Å²) in [6.07, 6.45) is 5.25. The number of amides is 1. The van der Waals surface area contributed by atoms with Crippen molar-refractivity contribution in [2.75, 3.05) is 11.9 Å². The maximum Gasteiger partial charge on any atom is 0.258 e. The Morgan fingerprint density at radius 2 is 1.93 bits per heavy atom. The third-order valence-corrected chi connectivity index (χ3v) is 4.93. The number of hydrogen-bond acceptors (Lipinski definition) is 4. The molecule has 1 aliphatic rings. The Morgan fingerprint density at radius 3 is 2.59 bits per heavy atom. The number of anilines is 1. The molecule has 27 heavy (non-hydrogen) atoms. The van der Waals surface area contributed by atoms with Gasteiger partial charge >= 0.3 is 0 Å². The monoisotopic (exact) mass is 364 g/mol. The van der Waals surface area contributed by atoms with Crippen LogP contribution in [0.25, 0.3) is 0 Å². The van der Waals surface area contributed by atoms with Gasteiger partial charge in [-0.25, -0.2) is 0 Å². The second-order valence-corrected chi connectivity index (χ2v) is 7.90. The second kappa shape index (κ2) is 6.30. The van der Waals surface area contributed by atoms with Gasteiger partial charge < -0.3 is 14.2 Å². The van der Waals surface area contributed by atoms with Gasteiger partial charge in [-0.3, -0.25) is 9.48 Å². The summed E-state index contributed by atoms with van der Waals surface area (Å²) < 4.78 is 7.45. The predicted molar refractivity (Wildman–Crippen MR) is 103 cm³/mol. The van der Waals surface area contributed by atoms with Crippen LogP contribution in [0.1, 0.15) is 48.6 Å². The smallest absolute Gasteiger partial charge is 0.258 e. The van der Waals surface area contributed by atoms with Crippen LogP contribution in [0.4, 0.5) is 5.69 Å². The van der Waals surface area contributed by atoms with Crippen molar-refractivity contribution in [2.24, 2.45) is 0 Å². The van der Waals surface area contributed by atoms with E-state index in [-0.39, 0.29) is 17.6 Å². The molecule has 0 saturated heterocycles. The number of rotatable bonds is 3. The molecule has 1 amide bonds. The van der Waals surface area contributed by atoms with Gasteiger partial charge in [0.25, 0.3) is 5.91 Å². The average molecular weight is 364 g/mol. The summed E-state index contributed by atoms with van der Waals surface area (Å²) in [5.41, 5.74) is 2.47. The summed E-state index contributed by atoms with van der Waals surface area (Å²) in [5.74, 6) is 0.748. The number of furan rings is 1. The lowest BCUT2D eigenvalue weighted by Gasteiger charge is -2.43. The summed E-state index contributed by atoms with van der Waals surface area (Å²) in [5, 5.41) is 4.54. The zero-order chi connectivity index (χ0) is 19.2. The largest absolute Gasteiger partial charge is 0.467 e. The number of carbonyl (C=O) groups excluding carboxylic acids is 1. The van der Waals surface area contributed by atoms with Crippen molar-refractivity contribution in [3.05, 3.63) is 71.9 Å². The number of fused-ring (bicyclic) bond motifs is 1. The third-order valence-electron chi connectivity index (χ3n) is 4.93. The molecule has 3 heterocycles. The van der Waals surface area contributed by atoms with Gasteiger partial charge in [0.2, 0.25) is 0 Å². The molecule has 0 unspecified atom stereocenters. The minimum atomic E-state index is -0.256. The van der Waals surface area contributed by atoms with E-state index in [4.69, 9.17) is 4.42 Å². The van der Waals surface area contributed by atoms with E-state index in [9.17, 15) is 4.79 Å². The molecule has 2 aromatic heterocycles. The maximum atomic E-state index is 13.3. The van der Waals surface area contributed by atoms with Crippen LogP contribution in [0, 0.1) is 0 Å². The molecule has 140 valence electrons. The molecule has 6 nitrogen and oxygen atoms in total. The van der Waals surface area contributed by atoms with Gasteiger partial charge in [0.1, 0.15) is 11.9 Å². The molecule has 0 fully saturated rings. The SMILES string of the molecule is CN1c2ccccc2C(=O)N(Cc2ccco2)[C@H]1c1cnn(C(C)(C)C)c1. The molecular weight excluding hydrogens is 340 g/mol. The van der Waals surface area contributed by atoms with Crippen molar-refractivity contribution in [3.63, 3.8) is 0 Å². The molecule has 0 radical (unpaired) electrons. The molecule has 1 aliphatic heterocycles. The normalized spacial score (nSPS) is 17.3.